The van der Waals surface area contributed by atoms with E-state index in [0.29, 0.717) is 6.08 Å². The van der Waals surface area contributed by atoms with Crippen LogP contribution in [0.1, 0.15) is 38.7 Å². The van der Waals surface area contributed by atoms with Gasteiger partial charge in [0.05, 0.1) is 0 Å². The van der Waals surface area contributed by atoms with Crippen LogP contribution < -0.4 is 5.32 Å². The van der Waals surface area contributed by atoms with Crippen LogP contribution in [0.5, 0.6) is 0 Å². The number of hydrogen-bond acceptors (Lipinski definition) is 1. The third-order valence-corrected chi connectivity index (χ3v) is 2.67. The summed E-state index contributed by atoms with van der Waals surface area (Å²) in [5.41, 5.74) is -1.23. The number of nitrogens with one attached hydrogen (secondary N) is 1. The Morgan fingerprint density at radius 3 is 1.95 bits per heavy atom. The normalized spacial score (nSPS) is 11.5. The van der Waals surface area contributed by atoms with Gasteiger partial charge in [-0.3, -0.25) is 4.79 Å². The summed E-state index contributed by atoms with van der Waals surface area (Å²) >= 11 is 0. The average Bonchev–Trinajstić information content (AvgIpc) is 2.46. The van der Waals surface area contributed by atoms with Crippen LogP contribution in [0, 0.1) is 5.82 Å². The van der Waals surface area contributed by atoms with Crippen molar-refractivity contribution in [2.75, 3.05) is 7.05 Å². The number of likely N-dealkylation sites (N-methyl/N-ethyl adjacent to an activating group) is 1. The Morgan fingerprint density at radius 1 is 1.14 bits per heavy atom. The van der Waals surface area contributed by atoms with Crippen molar-refractivity contribution < 1.29 is 22.4 Å². The van der Waals surface area contributed by atoms with E-state index in [1.165, 1.54) is 19.3 Å². The molecule has 22 heavy (non-hydrogen) atoms. The number of amides is 1. The van der Waals surface area contributed by atoms with E-state index in [1.807, 2.05) is 5.32 Å². The van der Waals surface area contributed by atoms with Crippen molar-refractivity contribution in [2.45, 2.75) is 39.3 Å². The number of benzene rings is 1. The van der Waals surface area contributed by atoms with Gasteiger partial charge in [0.1, 0.15) is 11.4 Å². The molecule has 0 aliphatic rings. The van der Waals surface area contributed by atoms with Gasteiger partial charge in [-0.1, -0.05) is 45.2 Å². The van der Waals surface area contributed by atoms with Crippen LogP contribution >= 0.6 is 0 Å². The van der Waals surface area contributed by atoms with E-state index >= 15 is 0 Å². The van der Waals surface area contributed by atoms with E-state index in [2.05, 4.69) is 13.8 Å². The highest BCUT2D eigenvalue weighted by Crippen LogP contribution is 2.27. The maximum atomic E-state index is 12.6. The molecular weight excluding hydrogens is 298 g/mol. The summed E-state index contributed by atoms with van der Waals surface area (Å²) in [4.78, 5) is 11.1. The van der Waals surface area contributed by atoms with Crippen LogP contribution in [0.4, 0.5) is 17.6 Å². The molecule has 0 unspecified atom stereocenters. The molecule has 1 aromatic rings. The first-order chi connectivity index (χ1) is 10.3. The molecule has 1 amide bonds. The summed E-state index contributed by atoms with van der Waals surface area (Å²) in [5.74, 6) is -1.79. The topological polar surface area (TPSA) is 29.1 Å². The first-order valence-electron chi connectivity index (χ1n) is 7.02. The molecule has 0 heterocycles. The van der Waals surface area contributed by atoms with Gasteiger partial charge in [0.25, 0.3) is 5.91 Å². The predicted molar refractivity (Wildman–Crippen MR) is 79.7 cm³/mol. The number of unbranched alkanes of at least 4 members (excludes halogenated alkanes) is 2. The molecule has 2 nitrogen and oxygen atoms in total. The molecule has 1 rings (SSSR count). The monoisotopic (exact) mass is 319 g/mol. The fraction of sp³-hybridized carbons (Fsp3) is 0.438. The Balaban J connectivity index is 0.000000763. The van der Waals surface area contributed by atoms with Gasteiger partial charge in [0, 0.05) is 7.05 Å². The van der Waals surface area contributed by atoms with Gasteiger partial charge in [-0.15, -0.1) is 0 Å². The Kier molecular flexibility index (Phi) is 9.13. The molecule has 124 valence electrons. The van der Waals surface area contributed by atoms with Crippen LogP contribution in [0.2, 0.25) is 0 Å². The van der Waals surface area contributed by atoms with E-state index in [9.17, 15) is 22.4 Å². The summed E-state index contributed by atoms with van der Waals surface area (Å²) in [5, 5.41) is 1.90. The van der Waals surface area contributed by atoms with E-state index < -0.39 is 23.5 Å². The quantitative estimate of drug-likeness (QED) is 0.632. The standard InChI is InChI=1S/C11H9F4NO.C5H12/c1-16-10(17)9(11(13,14)15)6-7-2-4-8(12)5-3-7;1-3-5-4-2/h2-6H,1H3,(H,16,17);3-5H2,1-2H3/b9-6-;. The Hall–Kier alpha value is -1.85. The van der Waals surface area contributed by atoms with Gasteiger partial charge in [0.2, 0.25) is 0 Å². The molecule has 1 N–H and O–H groups in total. The molecule has 0 saturated carbocycles. The number of carbonyl (C=O) groups is 1. The summed E-state index contributed by atoms with van der Waals surface area (Å²) < 4.78 is 50.1. The molecule has 0 aliphatic carbocycles. The van der Waals surface area contributed by atoms with Crippen LogP contribution in [-0.2, 0) is 4.79 Å². The lowest BCUT2D eigenvalue weighted by molar-refractivity contribution is -0.129. The molecule has 0 aliphatic heterocycles. The van der Waals surface area contributed by atoms with E-state index in [-0.39, 0.29) is 5.56 Å². The number of alkyl halides is 3. The Morgan fingerprint density at radius 2 is 1.64 bits per heavy atom. The molecule has 0 spiro atoms. The number of halogens is 4. The van der Waals surface area contributed by atoms with Gasteiger partial charge in [-0.05, 0) is 23.8 Å². The fourth-order valence-corrected chi connectivity index (χ4v) is 1.49. The van der Waals surface area contributed by atoms with Crippen molar-refractivity contribution in [3.63, 3.8) is 0 Å². The van der Waals surface area contributed by atoms with Crippen molar-refractivity contribution in [3.8, 4) is 0 Å². The van der Waals surface area contributed by atoms with Crippen molar-refractivity contribution in [1.29, 1.82) is 0 Å². The van der Waals surface area contributed by atoms with Gasteiger partial charge in [-0.25, -0.2) is 4.39 Å². The largest absolute Gasteiger partial charge is 0.421 e. The Labute approximate surface area is 128 Å². The maximum Gasteiger partial charge on any atom is 0.421 e. The van der Waals surface area contributed by atoms with E-state index in [1.54, 1.807) is 0 Å². The number of carbonyl (C=O) groups excluding carboxylic acids is 1. The smallest absolute Gasteiger partial charge is 0.355 e. The molecule has 0 radical (unpaired) electrons. The third-order valence-electron chi connectivity index (χ3n) is 2.67. The zero-order valence-electron chi connectivity index (χ0n) is 12.9. The highest BCUT2D eigenvalue weighted by atomic mass is 19.4. The molecule has 6 heteroatoms. The van der Waals surface area contributed by atoms with Gasteiger partial charge in [-0.2, -0.15) is 13.2 Å². The molecular formula is C16H21F4NO. The van der Waals surface area contributed by atoms with Crippen molar-refractivity contribution in [1.82, 2.24) is 5.32 Å². The molecule has 0 bridgehead atoms. The van der Waals surface area contributed by atoms with Crippen LogP contribution in [0.15, 0.2) is 29.8 Å². The molecule has 0 fully saturated rings. The minimum absolute atomic E-state index is 0.0994. The molecule has 0 aromatic heterocycles. The summed E-state index contributed by atoms with van der Waals surface area (Å²) in [6, 6.07) is 4.35. The highest BCUT2D eigenvalue weighted by molar-refractivity contribution is 5.98. The second-order valence-corrected chi connectivity index (χ2v) is 4.54. The van der Waals surface area contributed by atoms with Gasteiger partial charge >= 0.3 is 6.18 Å². The zero-order chi connectivity index (χ0) is 17.2. The van der Waals surface area contributed by atoms with E-state index in [4.69, 9.17) is 0 Å². The molecule has 1 aromatic carbocycles. The molecule has 0 atom stereocenters. The SMILES string of the molecule is CCCCC.CNC(=O)/C(=C/c1ccc(F)cc1)C(F)(F)F. The first-order valence-corrected chi connectivity index (χ1v) is 7.02. The van der Waals surface area contributed by atoms with Gasteiger partial charge in [0.15, 0.2) is 0 Å². The van der Waals surface area contributed by atoms with Crippen LogP contribution in [-0.4, -0.2) is 19.1 Å². The fourth-order valence-electron chi connectivity index (χ4n) is 1.49. The predicted octanol–water partition coefficient (Wildman–Crippen LogP) is 4.71. The zero-order valence-corrected chi connectivity index (χ0v) is 12.9. The van der Waals surface area contributed by atoms with Crippen molar-refractivity contribution >= 4 is 12.0 Å². The molecule has 0 saturated heterocycles. The second-order valence-electron chi connectivity index (χ2n) is 4.54. The summed E-state index contributed by atoms with van der Waals surface area (Å²) in [6.07, 6.45) is -0.0141. The van der Waals surface area contributed by atoms with Crippen molar-refractivity contribution in [2.24, 2.45) is 0 Å². The number of hydrogen-bond donors (Lipinski definition) is 1. The van der Waals surface area contributed by atoms with Gasteiger partial charge < -0.3 is 5.32 Å². The van der Waals surface area contributed by atoms with Crippen molar-refractivity contribution in [3.05, 3.63) is 41.2 Å². The average molecular weight is 319 g/mol. The number of rotatable bonds is 4. The summed E-state index contributed by atoms with van der Waals surface area (Å²) in [6.45, 7) is 4.42. The maximum absolute atomic E-state index is 12.6. The second kappa shape index (κ2) is 9.97. The van der Waals surface area contributed by atoms with Crippen LogP contribution in [0.3, 0.4) is 0 Å². The minimum Gasteiger partial charge on any atom is -0.355 e. The lowest BCUT2D eigenvalue weighted by Crippen LogP contribution is -2.28. The lowest BCUT2D eigenvalue weighted by Gasteiger charge is -2.10. The third kappa shape index (κ3) is 7.81. The first kappa shape index (κ1) is 20.1. The minimum atomic E-state index is -4.76. The van der Waals surface area contributed by atoms with Crippen LogP contribution in [0.25, 0.3) is 6.08 Å². The Bertz CT molecular complexity index is 476. The lowest BCUT2D eigenvalue weighted by atomic mass is 10.1. The highest BCUT2D eigenvalue weighted by Gasteiger charge is 2.38. The summed E-state index contributed by atoms with van der Waals surface area (Å²) in [7, 11) is 1.10. The van der Waals surface area contributed by atoms with E-state index in [0.717, 1.165) is 31.3 Å².